The number of rotatable bonds is 26. The molecule has 8 heterocycles. The molecule has 0 aliphatic rings. The van der Waals surface area contributed by atoms with Gasteiger partial charge in [0.15, 0.2) is 9.84 Å². The fraction of sp³-hybridized carbons (Fsp3) is 0.0792. The van der Waals surface area contributed by atoms with Crippen molar-refractivity contribution in [2.45, 2.75) is 31.6 Å². The van der Waals surface area contributed by atoms with E-state index in [0.29, 0.717) is 123 Å². The number of hydrogen-bond acceptors (Lipinski definition) is 20. The van der Waals surface area contributed by atoms with Crippen LogP contribution in [0.1, 0.15) is 74.0 Å². The molecule has 0 spiro atoms. The van der Waals surface area contributed by atoms with Gasteiger partial charge in [0.2, 0.25) is 10.0 Å². The molecule has 40 heteroatoms. The van der Waals surface area contributed by atoms with Gasteiger partial charge in [-0.2, -0.15) is 18.3 Å². The number of nitrogens with one attached hydrogen (secondary N) is 7. The van der Waals surface area contributed by atoms with Crippen molar-refractivity contribution in [3.8, 4) is 56.3 Å². The lowest BCUT2D eigenvalue weighted by Gasteiger charge is -2.11. The first-order chi connectivity index (χ1) is 67.6. The number of aromatic nitrogens is 12. The van der Waals surface area contributed by atoms with Gasteiger partial charge in [-0.3, -0.25) is 53.6 Å². The molecule has 17 aromatic rings. The quantitative estimate of drug-likeness (QED) is 0.0265. The van der Waals surface area contributed by atoms with Gasteiger partial charge in [-0.05, 0) is 235 Å². The molecule has 0 aliphatic carbocycles. The van der Waals surface area contributed by atoms with Gasteiger partial charge in [-0.25, -0.2) is 36.2 Å². The molecule has 0 fully saturated rings. The maximum atomic E-state index is 12.6. The van der Waals surface area contributed by atoms with Gasteiger partial charge in [-0.15, -0.1) is 5.10 Å². The molecule has 141 heavy (non-hydrogen) atoms. The molecule has 28 nitrogen and oxygen atoms in total. The van der Waals surface area contributed by atoms with Crippen LogP contribution < -0.4 is 36.6 Å². The minimum atomic E-state index is -4.30. The molecule has 0 unspecified atom stereocenters. The number of sulfonamides is 1. The highest BCUT2D eigenvalue weighted by molar-refractivity contribution is 7.92. The SMILES string of the molecule is CS(=O)(=O)Cc1ccc(C(=O)Nc2ccc(Cl)c(-c3ccccn3)c2)c(Cl)c1.CS(=O)(=O)Nc1ccc(C(=O)Nc2ccc(Cl)c(-c3ccccn3)c2)cn1.O=C(Nc1ccc(Cl)c(-c2ccccn2)c1)c1ccc(CNCC(F)(F)F)cc1Cl.O=C(Nc1ccc(Cl)c(-c2ccccn2)c1)c1ccc(Cn2ccnn2)cc1.O=C(Nc1ccc(Cl)c(-c2ccccn2)c1)c1ccc(Cn2cncn2)cc1. The van der Waals surface area contributed by atoms with Crippen molar-refractivity contribution in [1.82, 2.24) is 65.0 Å². The summed E-state index contributed by atoms with van der Waals surface area (Å²) in [6.07, 6.45) is 14.1. The summed E-state index contributed by atoms with van der Waals surface area (Å²) in [5, 5.41) is 31.2. The minimum absolute atomic E-state index is 0.0221. The van der Waals surface area contributed by atoms with Crippen LogP contribution in [0.15, 0.2) is 341 Å². The topological polar surface area (TPSA) is 377 Å². The fourth-order valence-electron chi connectivity index (χ4n) is 13.3. The summed E-state index contributed by atoms with van der Waals surface area (Å²) in [6.45, 7) is 0.0762. The third-order valence-electron chi connectivity index (χ3n) is 19.8. The van der Waals surface area contributed by atoms with Crippen LogP contribution in [0.4, 0.5) is 47.4 Å². The Balaban J connectivity index is 0.000000148. The number of halogens is 10. The number of carbonyl (C=O) groups is 5. The zero-order valence-corrected chi connectivity index (χ0v) is 80.9. The normalized spacial score (nSPS) is 11.0. The van der Waals surface area contributed by atoms with Gasteiger partial charge in [0.25, 0.3) is 29.5 Å². The van der Waals surface area contributed by atoms with E-state index in [0.717, 1.165) is 46.2 Å². The van der Waals surface area contributed by atoms with Crippen molar-refractivity contribution >= 4 is 165 Å². The highest BCUT2D eigenvalue weighted by Gasteiger charge is 2.27. The van der Waals surface area contributed by atoms with Gasteiger partial charge in [0, 0.05) is 124 Å². The third-order valence-corrected chi connectivity index (χ3v) is 23.6. The maximum Gasteiger partial charge on any atom is 0.401 e. The van der Waals surface area contributed by atoms with E-state index in [1.165, 1.54) is 48.9 Å². The van der Waals surface area contributed by atoms with Crippen LogP contribution in [0.25, 0.3) is 56.3 Å². The van der Waals surface area contributed by atoms with Crippen LogP contribution in [-0.4, -0.2) is 131 Å². The molecule has 0 saturated carbocycles. The van der Waals surface area contributed by atoms with Crippen LogP contribution in [0.2, 0.25) is 35.2 Å². The van der Waals surface area contributed by atoms with Gasteiger partial charge in [0.05, 0.1) is 118 Å². The largest absolute Gasteiger partial charge is 0.401 e. The summed E-state index contributed by atoms with van der Waals surface area (Å²) in [5.41, 5.74) is 15.0. The molecular weight excluding hydrogens is 1990 g/mol. The Kier molecular flexibility index (Phi) is 35.9. The second-order valence-corrected chi connectivity index (χ2v) is 37.4. The van der Waals surface area contributed by atoms with Crippen LogP contribution in [0.3, 0.4) is 0 Å². The van der Waals surface area contributed by atoms with Crippen molar-refractivity contribution in [3.05, 3.63) is 427 Å². The van der Waals surface area contributed by atoms with Crippen LogP contribution in [-0.2, 0) is 45.2 Å². The predicted octanol–water partition coefficient (Wildman–Crippen LogP) is 22.8. The van der Waals surface area contributed by atoms with Gasteiger partial charge >= 0.3 is 6.18 Å². The first-order valence-electron chi connectivity index (χ1n) is 42.1. The second kappa shape index (κ2) is 49.0. The van der Waals surface area contributed by atoms with E-state index in [9.17, 15) is 54.0 Å². The minimum Gasteiger partial charge on any atom is -0.322 e. The number of sulfone groups is 1. The summed E-state index contributed by atoms with van der Waals surface area (Å²) in [6, 6.07) is 80.1. The van der Waals surface area contributed by atoms with E-state index in [-0.39, 0.29) is 62.6 Å². The summed E-state index contributed by atoms with van der Waals surface area (Å²) < 4.78 is 87.6. The summed E-state index contributed by atoms with van der Waals surface area (Å²) in [7, 11) is -6.61. The molecule has 5 amide bonds. The third kappa shape index (κ3) is 31.5. The van der Waals surface area contributed by atoms with Crippen molar-refractivity contribution < 1.29 is 54.0 Å². The number of amides is 5. The zero-order chi connectivity index (χ0) is 100. The molecule has 7 N–H and O–H groups in total. The Bertz CT molecular complexity index is 7300. The highest BCUT2D eigenvalue weighted by atomic mass is 35.5. The lowest BCUT2D eigenvalue weighted by molar-refractivity contribution is -0.125. The number of alkyl halides is 3. The van der Waals surface area contributed by atoms with Gasteiger partial charge in [-0.1, -0.05) is 153 Å². The number of benzene rings is 9. The van der Waals surface area contributed by atoms with Crippen LogP contribution >= 0.6 is 81.2 Å². The van der Waals surface area contributed by atoms with Crippen molar-refractivity contribution in [2.75, 3.05) is 50.4 Å². The Morgan fingerprint density at radius 1 is 0.362 bits per heavy atom. The highest BCUT2D eigenvalue weighted by Crippen LogP contribution is 2.36. The fourth-order valence-corrected chi connectivity index (χ4v) is 16.2. The standard InChI is InChI=1S/C21H16Cl2F3N3O.2C21H16ClN5O.C20H16Cl2N2O3S.C18H15ClN4O3S/c22-17-7-5-14(10-16(17)19-3-1-2-8-28-19)29-20(30)15-6-4-13(9-18(15)23)11-27-12-21(24,25)26;22-19-9-8-17(11-18(19)20-3-1-2-10-24-20)26-21(28)16-6-4-15(5-7-16)12-27-14-23-13-25-27;22-19-9-8-17(13-18(19)20-3-1-2-10-23-20)25-21(28)16-6-4-15(5-7-16)14-27-12-11-24-26-27;1-28(26,27)12-13-5-7-15(18(22)10-13)20(25)24-14-6-8-17(21)16(11-14)19-4-2-3-9-23-19;1-27(25,26)23-17-8-5-12(11-21-17)18(24)22-13-6-7-15(19)14(10-13)16-4-2-3-9-20-16/h1-10,27H,11-12H2,(H,29,30);1-11,13-14H,12H2,(H,26,28);1-13H,14H2,(H,25,28);2-11H,12H2,1H3,(H,24,25);2-11H,1H3,(H,21,23)(H,22,24). The lowest BCUT2D eigenvalue weighted by Crippen LogP contribution is -2.28. The van der Waals surface area contributed by atoms with Crippen LogP contribution in [0.5, 0.6) is 0 Å². The number of carbonyl (C=O) groups excluding carboxylic acids is 5. The Morgan fingerprint density at radius 3 is 1.02 bits per heavy atom. The van der Waals surface area contributed by atoms with E-state index in [1.54, 1.807) is 199 Å². The maximum absolute atomic E-state index is 12.6. The first kappa shape index (κ1) is 103. The monoisotopic (exact) mass is 2070 g/mol. The molecule has 9 aromatic carbocycles. The smallest absolute Gasteiger partial charge is 0.322 e. The second-order valence-electron chi connectivity index (χ2n) is 30.6. The zero-order valence-electron chi connectivity index (χ0n) is 74.0. The van der Waals surface area contributed by atoms with E-state index in [4.69, 9.17) is 81.2 Å². The lowest BCUT2D eigenvalue weighted by atomic mass is 10.1. The first-order valence-corrected chi connectivity index (χ1v) is 48.7. The number of nitrogens with zero attached hydrogens (tertiary/aromatic N) is 12. The molecule has 714 valence electrons. The molecule has 0 radical (unpaired) electrons. The van der Waals surface area contributed by atoms with Gasteiger partial charge < -0.3 is 31.9 Å². The molecular formula is C101H79Cl7F3N19O9S2. The van der Waals surface area contributed by atoms with Crippen molar-refractivity contribution in [1.29, 1.82) is 0 Å². The predicted molar refractivity (Wildman–Crippen MR) is 546 cm³/mol. The molecule has 0 atom stereocenters. The van der Waals surface area contributed by atoms with E-state index < -0.39 is 44.4 Å². The Hall–Kier alpha value is -15.0. The molecule has 8 aromatic heterocycles. The van der Waals surface area contributed by atoms with Crippen molar-refractivity contribution in [2.24, 2.45) is 0 Å². The molecule has 0 aliphatic heterocycles. The Morgan fingerprint density at radius 2 is 0.709 bits per heavy atom. The average molecular weight is 2070 g/mol. The average Bonchev–Trinajstić information content (AvgIpc) is 1.52. The van der Waals surface area contributed by atoms with Crippen molar-refractivity contribution in [3.63, 3.8) is 0 Å². The summed E-state index contributed by atoms with van der Waals surface area (Å²) >= 11 is 43.7. The Labute approximate surface area is 842 Å². The summed E-state index contributed by atoms with van der Waals surface area (Å²) in [5.74, 6) is -1.64. The summed E-state index contributed by atoms with van der Waals surface area (Å²) in [4.78, 5) is 92.1. The van der Waals surface area contributed by atoms with E-state index in [2.05, 4.69) is 86.9 Å². The van der Waals surface area contributed by atoms with Gasteiger partial charge in [0.1, 0.15) is 18.5 Å². The van der Waals surface area contributed by atoms with Crippen LogP contribution in [0, 0.1) is 0 Å². The number of hydrogen-bond donors (Lipinski definition) is 7. The number of pyridine rings is 6. The number of anilines is 6. The van der Waals surface area contributed by atoms with E-state index >= 15 is 0 Å². The molecule has 0 saturated heterocycles. The van der Waals surface area contributed by atoms with E-state index in [1.807, 2.05) is 103 Å². The molecule has 17 rings (SSSR count). The molecule has 0 bridgehead atoms.